The average Bonchev–Trinajstić information content (AvgIpc) is 2.59. The normalized spacial score (nSPS) is 20.3. The van der Waals surface area contributed by atoms with E-state index >= 15 is 0 Å². The lowest BCUT2D eigenvalue weighted by atomic mass is 9.78. The van der Waals surface area contributed by atoms with Crippen molar-refractivity contribution < 1.29 is 13.7 Å². The maximum Gasteiger partial charge on any atom is 0.494 e. The van der Waals surface area contributed by atoms with E-state index in [2.05, 4.69) is 86.7 Å². The van der Waals surface area contributed by atoms with Gasteiger partial charge in [-0.3, -0.25) is 0 Å². The Morgan fingerprint density at radius 3 is 1.92 bits per heavy atom. The van der Waals surface area contributed by atoms with Crippen LogP contribution in [-0.4, -0.2) is 26.6 Å². The van der Waals surface area contributed by atoms with Gasteiger partial charge in [-0.25, -0.2) is 0 Å². The fraction of sp³-hybridized carbons (Fsp3) is 0.684. The number of rotatable bonds is 3. The molecule has 0 radical (unpaired) electrons. The van der Waals surface area contributed by atoms with Crippen molar-refractivity contribution in [2.24, 2.45) is 0 Å². The standard InChI is InChI=1S/C19H33BO3Si/c1-14-13-15(20-22-18(5,6)19(7,8)23-20)11-12-16(14)21-24(9,10)17(2,3)4/h11-13H,1-10H3. The molecule has 2 rings (SSSR count). The van der Waals surface area contributed by atoms with E-state index in [0.717, 1.165) is 16.8 Å². The summed E-state index contributed by atoms with van der Waals surface area (Å²) in [6, 6.07) is 6.26. The lowest BCUT2D eigenvalue weighted by Crippen LogP contribution is -2.44. The van der Waals surface area contributed by atoms with Crippen LogP contribution in [0.15, 0.2) is 18.2 Å². The molecule has 1 heterocycles. The third kappa shape index (κ3) is 3.58. The minimum absolute atomic E-state index is 0.184. The molecular weight excluding hydrogens is 315 g/mol. The topological polar surface area (TPSA) is 27.7 Å². The SMILES string of the molecule is Cc1cc(B2OC(C)(C)C(C)(C)O2)ccc1O[Si](C)(C)C(C)(C)C. The summed E-state index contributed by atoms with van der Waals surface area (Å²) in [4.78, 5) is 0. The van der Waals surface area contributed by atoms with E-state index in [1.807, 2.05) is 0 Å². The second-order valence-corrected chi connectivity index (χ2v) is 14.2. The molecule has 134 valence electrons. The van der Waals surface area contributed by atoms with E-state index in [-0.39, 0.29) is 23.4 Å². The molecule has 0 N–H and O–H groups in total. The average molecular weight is 348 g/mol. The minimum atomic E-state index is -1.83. The molecule has 0 bridgehead atoms. The number of aryl methyl sites for hydroxylation is 1. The van der Waals surface area contributed by atoms with Gasteiger partial charge in [-0.15, -0.1) is 0 Å². The van der Waals surface area contributed by atoms with Crippen molar-refractivity contribution in [2.45, 2.75) is 84.7 Å². The summed E-state index contributed by atoms with van der Waals surface area (Å²) in [6.07, 6.45) is 0. The third-order valence-electron chi connectivity index (χ3n) is 5.90. The second kappa shape index (κ2) is 5.89. The Bertz CT molecular complexity index is 602. The molecule has 0 unspecified atom stereocenters. The molecule has 1 fully saturated rings. The molecule has 1 aliphatic heterocycles. The summed E-state index contributed by atoms with van der Waals surface area (Å²) in [7, 11) is -2.16. The Kier molecular flexibility index (Phi) is 4.80. The van der Waals surface area contributed by atoms with Gasteiger partial charge in [0.1, 0.15) is 5.75 Å². The Labute approximate surface area is 149 Å². The molecule has 0 spiro atoms. The monoisotopic (exact) mass is 348 g/mol. The minimum Gasteiger partial charge on any atom is -0.543 e. The van der Waals surface area contributed by atoms with Crippen LogP contribution in [-0.2, 0) is 9.31 Å². The summed E-state index contributed by atoms with van der Waals surface area (Å²) in [6.45, 7) is 21.7. The first kappa shape index (κ1) is 19.5. The van der Waals surface area contributed by atoms with Gasteiger partial charge >= 0.3 is 7.12 Å². The van der Waals surface area contributed by atoms with Gasteiger partial charge in [0.25, 0.3) is 0 Å². The molecule has 0 saturated carbocycles. The molecule has 0 aromatic heterocycles. The van der Waals surface area contributed by atoms with Crippen LogP contribution in [0.1, 0.15) is 54.0 Å². The van der Waals surface area contributed by atoms with Crippen molar-refractivity contribution in [3.05, 3.63) is 23.8 Å². The van der Waals surface area contributed by atoms with Crippen LogP contribution < -0.4 is 9.89 Å². The maximum absolute atomic E-state index is 6.45. The lowest BCUT2D eigenvalue weighted by molar-refractivity contribution is 0.00578. The zero-order valence-corrected chi connectivity index (χ0v) is 18.0. The van der Waals surface area contributed by atoms with Gasteiger partial charge in [0, 0.05) is 0 Å². The van der Waals surface area contributed by atoms with Gasteiger partial charge in [0.05, 0.1) is 11.2 Å². The van der Waals surface area contributed by atoms with Crippen molar-refractivity contribution in [1.29, 1.82) is 0 Å². The fourth-order valence-corrected chi connectivity index (χ4v) is 3.43. The van der Waals surface area contributed by atoms with E-state index < -0.39 is 8.32 Å². The predicted octanol–water partition coefficient (Wildman–Crippen LogP) is 4.68. The highest BCUT2D eigenvalue weighted by Crippen LogP contribution is 2.39. The van der Waals surface area contributed by atoms with Crippen LogP contribution in [0.25, 0.3) is 0 Å². The predicted molar refractivity (Wildman–Crippen MR) is 105 cm³/mol. The van der Waals surface area contributed by atoms with Crippen molar-refractivity contribution in [3.63, 3.8) is 0 Å². The molecule has 0 atom stereocenters. The second-order valence-electron chi connectivity index (χ2n) is 9.48. The van der Waals surface area contributed by atoms with E-state index in [1.165, 1.54) is 0 Å². The van der Waals surface area contributed by atoms with Crippen LogP contribution >= 0.6 is 0 Å². The molecule has 0 aliphatic carbocycles. The number of hydrogen-bond acceptors (Lipinski definition) is 3. The third-order valence-corrected chi connectivity index (χ3v) is 10.2. The highest BCUT2D eigenvalue weighted by molar-refractivity contribution is 6.74. The van der Waals surface area contributed by atoms with Crippen molar-refractivity contribution >= 4 is 20.9 Å². The van der Waals surface area contributed by atoms with Crippen LogP contribution in [0.3, 0.4) is 0 Å². The van der Waals surface area contributed by atoms with Gasteiger partial charge in [-0.1, -0.05) is 32.9 Å². The first-order valence-electron chi connectivity index (χ1n) is 8.81. The van der Waals surface area contributed by atoms with Crippen LogP contribution in [0.5, 0.6) is 5.75 Å². The molecule has 1 aromatic carbocycles. The van der Waals surface area contributed by atoms with E-state index in [1.54, 1.807) is 0 Å². The summed E-state index contributed by atoms with van der Waals surface area (Å²) in [5, 5.41) is 0.184. The van der Waals surface area contributed by atoms with Crippen LogP contribution in [0, 0.1) is 6.92 Å². The van der Waals surface area contributed by atoms with E-state index in [4.69, 9.17) is 13.7 Å². The largest absolute Gasteiger partial charge is 0.543 e. The summed E-state index contributed by atoms with van der Waals surface area (Å²) < 4.78 is 18.7. The van der Waals surface area contributed by atoms with Gasteiger partial charge in [-0.05, 0) is 69.8 Å². The molecule has 3 nitrogen and oxygen atoms in total. The smallest absolute Gasteiger partial charge is 0.494 e. The Hall–Kier alpha value is -0.778. The van der Waals surface area contributed by atoms with Crippen molar-refractivity contribution in [1.82, 2.24) is 0 Å². The molecule has 24 heavy (non-hydrogen) atoms. The maximum atomic E-state index is 6.45. The first-order chi connectivity index (χ1) is 10.7. The zero-order chi connectivity index (χ0) is 18.6. The summed E-state index contributed by atoms with van der Waals surface area (Å²) >= 11 is 0. The van der Waals surface area contributed by atoms with Crippen LogP contribution in [0.2, 0.25) is 18.1 Å². The Morgan fingerprint density at radius 1 is 1.00 bits per heavy atom. The van der Waals surface area contributed by atoms with Gasteiger partial charge < -0.3 is 13.7 Å². The van der Waals surface area contributed by atoms with Gasteiger partial charge in [-0.2, -0.15) is 0 Å². The summed E-state index contributed by atoms with van der Waals surface area (Å²) in [5.41, 5.74) is 1.55. The quantitative estimate of drug-likeness (QED) is 0.743. The number of benzene rings is 1. The number of hydrogen-bond donors (Lipinski definition) is 0. The Morgan fingerprint density at radius 2 is 1.50 bits per heavy atom. The van der Waals surface area contributed by atoms with Crippen molar-refractivity contribution in [2.75, 3.05) is 0 Å². The molecular formula is C19H33BO3Si. The Balaban J connectivity index is 2.23. The molecule has 5 heteroatoms. The summed E-state index contributed by atoms with van der Waals surface area (Å²) in [5.74, 6) is 0.974. The van der Waals surface area contributed by atoms with E-state index in [9.17, 15) is 0 Å². The van der Waals surface area contributed by atoms with Crippen LogP contribution in [0.4, 0.5) is 0 Å². The lowest BCUT2D eigenvalue weighted by Gasteiger charge is -2.37. The molecule has 1 aliphatic rings. The first-order valence-corrected chi connectivity index (χ1v) is 11.7. The highest BCUT2D eigenvalue weighted by Gasteiger charge is 2.51. The molecule has 1 aromatic rings. The van der Waals surface area contributed by atoms with Gasteiger partial charge in [0.15, 0.2) is 0 Å². The highest BCUT2D eigenvalue weighted by atomic mass is 28.4. The molecule has 0 amide bonds. The molecule has 1 saturated heterocycles. The fourth-order valence-electron chi connectivity index (χ4n) is 2.34. The van der Waals surface area contributed by atoms with E-state index in [0.29, 0.717) is 0 Å². The van der Waals surface area contributed by atoms with Crippen molar-refractivity contribution in [3.8, 4) is 5.75 Å². The van der Waals surface area contributed by atoms with Gasteiger partial charge in [0.2, 0.25) is 8.32 Å². The zero-order valence-electron chi connectivity index (χ0n) is 17.0.